The lowest BCUT2D eigenvalue weighted by molar-refractivity contribution is -0.192. The Kier molecular flexibility index (Phi) is 4.43. The van der Waals surface area contributed by atoms with Crippen molar-refractivity contribution in [1.82, 2.24) is 9.80 Å². The van der Waals surface area contributed by atoms with Gasteiger partial charge in [-0.25, -0.2) is 0 Å². The lowest BCUT2D eigenvalue weighted by atomic mass is 9.76. The van der Waals surface area contributed by atoms with Crippen LogP contribution in [0.15, 0.2) is 60.7 Å². The normalized spacial score (nSPS) is 25.2. The molecule has 2 aromatic rings. The van der Waals surface area contributed by atoms with Gasteiger partial charge in [-0.1, -0.05) is 60.7 Å². The van der Waals surface area contributed by atoms with Crippen molar-refractivity contribution in [2.75, 3.05) is 19.6 Å². The van der Waals surface area contributed by atoms with Crippen LogP contribution >= 0.6 is 0 Å². The van der Waals surface area contributed by atoms with Gasteiger partial charge in [-0.15, -0.1) is 0 Å². The van der Waals surface area contributed by atoms with Crippen LogP contribution in [0.1, 0.15) is 37.1 Å². The van der Waals surface area contributed by atoms with E-state index in [2.05, 4.69) is 47.9 Å². The summed E-state index contributed by atoms with van der Waals surface area (Å²) in [5.74, 6) is 0.155. The van der Waals surface area contributed by atoms with Crippen molar-refractivity contribution in [1.29, 1.82) is 0 Å². The van der Waals surface area contributed by atoms with Crippen LogP contribution in [0.3, 0.4) is 0 Å². The Morgan fingerprint density at radius 3 is 1.92 bits per heavy atom. The Morgan fingerprint density at radius 2 is 1.42 bits per heavy atom. The molecule has 0 spiro atoms. The topological polar surface area (TPSA) is 43.8 Å². The Morgan fingerprint density at radius 1 is 0.923 bits per heavy atom. The lowest BCUT2D eigenvalue weighted by Gasteiger charge is -2.59. The van der Waals surface area contributed by atoms with Crippen LogP contribution < -0.4 is 0 Å². The Labute approximate surface area is 155 Å². The molecule has 0 bridgehead atoms. The third-order valence-corrected chi connectivity index (χ3v) is 6.05. The van der Waals surface area contributed by atoms with Gasteiger partial charge >= 0.3 is 0 Å². The van der Waals surface area contributed by atoms with E-state index in [1.54, 1.807) is 0 Å². The second-order valence-corrected chi connectivity index (χ2v) is 7.72. The number of Topliss-reactive ketones (excluding diaryl/α,β-unsaturated/α-hetero) is 1. The Balaban J connectivity index is 1.45. The van der Waals surface area contributed by atoms with Crippen molar-refractivity contribution in [3.63, 3.8) is 0 Å². The Hall–Kier alpha value is -2.01. The van der Waals surface area contributed by atoms with Gasteiger partial charge in [0, 0.05) is 25.2 Å². The molecule has 2 aliphatic heterocycles. The molecule has 26 heavy (non-hydrogen) atoms. The molecule has 2 aliphatic rings. The van der Waals surface area contributed by atoms with Crippen LogP contribution in [0.4, 0.5) is 0 Å². The highest BCUT2D eigenvalue weighted by molar-refractivity contribution is 5.93. The van der Waals surface area contributed by atoms with Gasteiger partial charge in [-0.3, -0.25) is 14.6 Å². The number of hydrogen-bond acceptors (Lipinski definition) is 4. The molecular weight excluding hydrogens is 324 g/mol. The molecule has 2 heterocycles. The maximum absolute atomic E-state index is 12.3. The molecule has 4 nitrogen and oxygen atoms in total. The molecule has 4 heteroatoms. The first kappa shape index (κ1) is 17.4. The van der Waals surface area contributed by atoms with Gasteiger partial charge in [-0.2, -0.15) is 0 Å². The molecule has 0 saturated carbocycles. The molecule has 4 rings (SSSR count). The van der Waals surface area contributed by atoms with E-state index in [4.69, 9.17) is 0 Å². The smallest absolute Gasteiger partial charge is 0.167 e. The standard InChI is InChI=1S/C22H26N2O2/c1-16(18-9-5-3-6-10-18)23-14-22(26,15-23)21-20(25)13-24(21)17(2)19-11-7-4-8-12-19/h3-12,16-17,21,26H,13-15H2,1-2H3. The lowest BCUT2D eigenvalue weighted by Crippen LogP contribution is -2.78. The average molecular weight is 350 g/mol. The van der Waals surface area contributed by atoms with Crippen LogP contribution in [-0.2, 0) is 4.79 Å². The summed E-state index contributed by atoms with van der Waals surface area (Å²) in [7, 11) is 0. The van der Waals surface area contributed by atoms with Crippen LogP contribution in [0.5, 0.6) is 0 Å². The summed E-state index contributed by atoms with van der Waals surface area (Å²) in [4.78, 5) is 16.7. The van der Waals surface area contributed by atoms with Crippen molar-refractivity contribution in [2.45, 2.75) is 37.6 Å². The van der Waals surface area contributed by atoms with E-state index in [1.165, 1.54) is 11.1 Å². The summed E-state index contributed by atoms with van der Waals surface area (Å²) in [5, 5.41) is 11.1. The second kappa shape index (κ2) is 6.62. The van der Waals surface area contributed by atoms with Crippen LogP contribution in [0, 0.1) is 0 Å². The third-order valence-electron chi connectivity index (χ3n) is 6.05. The Bertz CT molecular complexity index is 771. The number of likely N-dealkylation sites (tertiary alicyclic amines) is 2. The summed E-state index contributed by atoms with van der Waals surface area (Å²) < 4.78 is 0. The highest BCUT2D eigenvalue weighted by atomic mass is 16.3. The first-order valence-electron chi connectivity index (χ1n) is 9.34. The quantitative estimate of drug-likeness (QED) is 0.901. The number of β-amino-alcohol motifs (C(OH)–C–C–N with tert-alkyl or cyclic N) is 1. The van der Waals surface area contributed by atoms with Crippen molar-refractivity contribution in [3.8, 4) is 0 Å². The summed E-state index contributed by atoms with van der Waals surface area (Å²) in [6.45, 7) is 5.77. The summed E-state index contributed by atoms with van der Waals surface area (Å²) in [5.41, 5.74) is 1.48. The van der Waals surface area contributed by atoms with E-state index in [0.717, 1.165) is 0 Å². The highest BCUT2D eigenvalue weighted by Crippen LogP contribution is 2.40. The van der Waals surface area contributed by atoms with E-state index in [1.807, 2.05) is 36.4 Å². The van der Waals surface area contributed by atoms with Gasteiger partial charge < -0.3 is 5.11 Å². The molecular formula is C22H26N2O2. The molecule has 2 saturated heterocycles. The number of carbonyl (C=O) groups is 1. The average Bonchev–Trinajstić information content (AvgIpc) is 2.64. The molecule has 1 N–H and O–H groups in total. The van der Waals surface area contributed by atoms with E-state index in [9.17, 15) is 9.90 Å². The van der Waals surface area contributed by atoms with Crippen molar-refractivity contribution in [2.24, 2.45) is 0 Å². The van der Waals surface area contributed by atoms with Crippen LogP contribution in [0.2, 0.25) is 0 Å². The molecule has 136 valence electrons. The molecule has 0 radical (unpaired) electrons. The van der Waals surface area contributed by atoms with Gasteiger partial charge in [-0.05, 0) is 25.0 Å². The molecule has 0 aliphatic carbocycles. The number of benzene rings is 2. The third kappa shape index (κ3) is 2.88. The SMILES string of the molecule is CC(c1ccccc1)N1CC(O)(C2C(=O)CN2C(C)c2ccccc2)C1. The predicted octanol–water partition coefficient (Wildman–Crippen LogP) is 2.81. The van der Waals surface area contributed by atoms with Crippen molar-refractivity contribution >= 4 is 5.78 Å². The number of rotatable bonds is 5. The summed E-state index contributed by atoms with van der Waals surface area (Å²) in [6, 6.07) is 20.5. The monoisotopic (exact) mass is 350 g/mol. The highest BCUT2D eigenvalue weighted by Gasteiger charge is 2.58. The van der Waals surface area contributed by atoms with E-state index in [0.29, 0.717) is 19.6 Å². The second-order valence-electron chi connectivity index (χ2n) is 7.72. The fraction of sp³-hybridized carbons (Fsp3) is 0.409. The molecule has 2 aromatic carbocycles. The van der Waals surface area contributed by atoms with Gasteiger partial charge in [0.05, 0.1) is 6.54 Å². The van der Waals surface area contributed by atoms with Gasteiger partial charge in [0.25, 0.3) is 0 Å². The van der Waals surface area contributed by atoms with E-state index < -0.39 is 11.6 Å². The summed E-state index contributed by atoms with van der Waals surface area (Å²) in [6.07, 6.45) is 0. The first-order chi connectivity index (χ1) is 12.5. The number of aliphatic hydroxyl groups is 1. The van der Waals surface area contributed by atoms with Gasteiger partial charge in [0.2, 0.25) is 0 Å². The van der Waals surface area contributed by atoms with E-state index in [-0.39, 0.29) is 17.9 Å². The van der Waals surface area contributed by atoms with Crippen molar-refractivity contribution < 1.29 is 9.90 Å². The largest absolute Gasteiger partial charge is 0.385 e. The number of ketones is 1. The molecule has 2 fully saturated rings. The molecule has 0 aromatic heterocycles. The zero-order chi connectivity index (χ0) is 18.3. The molecule has 3 unspecified atom stereocenters. The summed E-state index contributed by atoms with van der Waals surface area (Å²) >= 11 is 0. The minimum atomic E-state index is -0.943. The van der Waals surface area contributed by atoms with Crippen LogP contribution in [-0.4, -0.2) is 52.0 Å². The molecule has 0 amide bonds. The maximum atomic E-state index is 12.3. The number of carbonyl (C=O) groups excluding carboxylic acids is 1. The van der Waals surface area contributed by atoms with E-state index >= 15 is 0 Å². The first-order valence-corrected chi connectivity index (χ1v) is 9.34. The van der Waals surface area contributed by atoms with Crippen LogP contribution in [0.25, 0.3) is 0 Å². The molecule has 3 atom stereocenters. The van der Waals surface area contributed by atoms with Crippen molar-refractivity contribution in [3.05, 3.63) is 71.8 Å². The minimum absolute atomic E-state index is 0.128. The fourth-order valence-corrected chi connectivity index (χ4v) is 4.37. The maximum Gasteiger partial charge on any atom is 0.167 e. The fourth-order valence-electron chi connectivity index (χ4n) is 4.37. The zero-order valence-electron chi connectivity index (χ0n) is 15.4. The number of nitrogens with zero attached hydrogens (tertiary/aromatic N) is 2. The van der Waals surface area contributed by atoms with Gasteiger partial charge in [0.15, 0.2) is 5.78 Å². The number of hydrogen-bond donors (Lipinski definition) is 1. The predicted molar refractivity (Wildman–Crippen MR) is 102 cm³/mol. The minimum Gasteiger partial charge on any atom is -0.385 e. The van der Waals surface area contributed by atoms with Gasteiger partial charge in [0.1, 0.15) is 11.6 Å². The zero-order valence-corrected chi connectivity index (χ0v) is 15.4.